The maximum Gasteiger partial charge on any atom is 0.422 e. The van der Waals surface area contributed by atoms with Gasteiger partial charge >= 0.3 is 18.2 Å². The molecule has 46 heavy (non-hydrogen) atoms. The summed E-state index contributed by atoms with van der Waals surface area (Å²) < 4.78 is 60.1. The Labute approximate surface area is 263 Å². The molecule has 3 aromatic rings. The number of alkyl halides is 3. The Hall–Kier alpha value is -4.86. The zero-order valence-electron chi connectivity index (χ0n) is 25.2. The number of methoxy groups -OCH3 is 1. The van der Waals surface area contributed by atoms with Gasteiger partial charge < -0.3 is 40.6 Å². The van der Waals surface area contributed by atoms with Crippen LogP contribution in [0.5, 0.6) is 17.5 Å². The number of benzene rings is 2. The third kappa shape index (κ3) is 10.6. The van der Waals surface area contributed by atoms with Gasteiger partial charge in [-0.25, -0.2) is 4.79 Å². The standard InChI is InChI=1S/C30H36F3N7O6/c1-43-26(42)23(12-13-34)37-25(41)22-11-8-20-16-24(22)45-15-5-3-2-4-14-44-21-9-6-19(7-10-21)17-35-27-38-28(36-20)40-29(39-27)46-18-30(31,32)33/h6-11,16,23H,2-5,12-15,17-18,34H2,1H3,(H,37,41)(H2,35,36,38,39,40)/t23-/m0/s1. The van der Waals surface area contributed by atoms with Gasteiger partial charge in [-0.2, -0.15) is 28.1 Å². The minimum absolute atomic E-state index is 0.0397. The SMILES string of the molecule is COC(=O)[C@H](CCN)NC(=O)c1ccc2cc1OCCCCCCOc1ccc(cc1)CNc1nc(nc(OCC(F)(F)F)n1)N2. The largest absolute Gasteiger partial charge is 0.494 e. The second-order valence-corrected chi connectivity index (χ2v) is 10.2. The molecule has 0 aliphatic carbocycles. The highest BCUT2D eigenvalue weighted by Crippen LogP contribution is 2.27. The molecule has 248 valence electrons. The molecule has 0 unspecified atom stereocenters. The molecule has 1 atom stereocenters. The van der Waals surface area contributed by atoms with E-state index in [4.69, 9.17) is 24.7 Å². The highest BCUT2D eigenvalue weighted by Gasteiger charge is 2.29. The fourth-order valence-corrected chi connectivity index (χ4v) is 4.35. The summed E-state index contributed by atoms with van der Waals surface area (Å²) in [5.74, 6) is -0.496. The average Bonchev–Trinajstić information content (AvgIpc) is 3.03. The van der Waals surface area contributed by atoms with Crippen molar-refractivity contribution in [2.45, 2.75) is 50.9 Å². The van der Waals surface area contributed by atoms with Crippen LogP contribution in [0.15, 0.2) is 42.5 Å². The summed E-state index contributed by atoms with van der Waals surface area (Å²) in [6, 6.07) is 10.4. The van der Waals surface area contributed by atoms with Gasteiger partial charge in [-0.3, -0.25) is 4.79 Å². The van der Waals surface area contributed by atoms with Crippen molar-refractivity contribution in [2.75, 3.05) is 44.1 Å². The second-order valence-electron chi connectivity index (χ2n) is 10.2. The zero-order chi connectivity index (χ0) is 32.9. The Morgan fingerprint density at radius 3 is 2.41 bits per heavy atom. The van der Waals surface area contributed by atoms with Crippen molar-refractivity contribution in [2.24, 2.45) is 5.73 Å². The molecular formula is C30H36F3N7O6. The van der Waals surface area contributed by atoms with E-state index in [-0.39, 0.29) is 49.3 Å². The van der Waals surface area contributed by atoms with Gasteiger partial charge in [0.15, 0.2) is 6.61 Å². The van der Waals surface area contributed by atoms with Gasteiger partial charge in [0, 0.05) is 18.3 Å². The number of carbonyl (C=O) groups excluding carboxylic acids is 2. The predicted octanol–water partition coefficient (Wildman–Crippen LogP) is 4.12. The van der Waals surface area contributed by atoms with Crippen LogP contribution >= 0.6 is 0 Å². The second kappa shape index (κ2) is 16.5. The molecule has 2 aliphatic heterocycles. The number of esters is 1. The van der Waals surface area contributed by atoms with Gasteiger partial charge in [-0.1, -0.05) is 12.1 Å². The summed E-state index contributed by atoms with van der Waals surface area (Å²) in [4.78, 5) is 37.6. The summed E-state index contributed by atoms with van der Waals surface area (Å²) >= 11 is 0. The van der Waals surface area contributed by atoms with Gasteiger partial charge in [-0.15, -0.1) is 0 Å². The first-order valence-electron chi connectivity index (χ1n) is 14.7. The van der Waals surface area contributed by atoms with Crippen LogP contribution in [0, 0.1) is 0 Å². The van der Waals surface area contributed by atoms with E-state index in [2.05, 4.69) is 30.9 Å². The summed E-state index contributed by atoms with van der Waals surface area (Å²) in [5, 5.41) is 8.52. The van der Waals surface area contributed by atoms with Crippen molar-refractivity contribution in [1.29, 1.82) is 0 Å². The van der Waals surface area contributed by atoms with E-state index in [0.29, 0.717) is 24.5 Å². The van der Waals surface area contributed by atoms with Gasteiger partial charge in [0.25, 0.3) is 5.91 Å². The third-order valence-corrected chi connectivity index (χ3v) is 6.65. The third-order valence-electron chi connectivity index (χ3n) is 6.65. The van der Waals surface area contributed by atoms with E-state index in [9.17, 15) is 22.8 Å². The Morgan fingerprint density at radius 2 is 1.72 bits per heavy atom. The van der Waals surface area contributed by atoms with Crippen molar-refractivity contribution in [3.05, 3.63) is 53.6 Å². The Morgan fingerprint density at radius 1 is 1.00 bits per heavy atom. The first-order chi connectivity index (χ1) is 22.1. The van der Waals surface area contributed by atoms with E-state index in [0.717, 1.165) is 24.8 Å². The maximum atomic E-state index is 13.2. The van der Waals surface area contributed by atoms with E-state index < -0.39 is 36.7 Å². The van der Waals surface area contributed by atoms with E-state index in [1.165, 1.54) is 25.3 Å². The van der Waals surface area contributed by atoms with Crippen molar-refractivity contribution in [3.63, 3.8) is 0 Å². The lowest BCUT2D eigenvalue weighted by Gasteiger charge is -2.18. The van der Waals surface area contributed by atoms with Crippen LogP contribution in [0.4, 0.5) is 30.8 Å². The molecule has 2 aliphatic rings. The zero-order valence-corrected chi connectivity index (χ0v) is 25.2. The van der Waals surface area contributed by atoms with Crippen LogP contribution in [0.2, 0.25) is 0 Å². The summed E-state index contributed by atoms with van der Waals surface area (Å²) in [5.41, 5.74) is 6.95. The molecule has 5 rings (SSSR count). The molecule has 2 aromatic carbocycles. The molecule has 6 bridgehead atoms. The Balaban J connectivity index is 1.64. The molecule has 1 amide bonds. The molecule has 0 fully saturated rings. The van der Waals surface area contributed by atoms with Crippen LogP contribution in [-0.4, -0.2) is 72.5 Å². The molecule has 13 nitrogen and oxygen atoms in total. The van der Waals surface area contributed by atoms with Crippen molar-refractivity contribution in [1.82, 2.24) is 20.3 Å². The van der Waals surface area contributed by atoms with Crippen molar-refractivity contribution >= 4 is 29.5 Å². The number of amides is 1. The van der Waals surface area contributed by atoms with Gasteiger partial charge in [0.2, 0.25) is 11.9 Å². The number of carbonyl (C=O) groups is 2. The fraction of sp³-hybridized carbons (Fsp3) is 0.433. The quantitative estimate of drug-likeness (QED) is 0.271. The van der Waals surface area contributed by atoms with Crippen LogP contribution in [0.3, 0.4) is 0 Å². The Bertz CT molecular complexity index is 1460. The number of nitrogens with two attached hydrogens (primary N) is 1. The number of ether oxygens (including phenoxy) is 4. The minimum Gasteiger partial charge on any atom is -0.494 e. The van der Waals surface area contributed by atoms with Gasteiger partial charge in [0.05, 0.1) is 25.9 Å². The topological polar surface area (TPSA) is 172 Å². The normalized spacial score (nSPS) is 14.6. The number of hydrogen-bond donors (Lipinski definition) is 4. The van der Waals surface area contributed by atoms with Crippen molar-refractivity contribution in [3.8, 4) is 17.5 Å². The predicted molar refractivity (Wildman–Crippen MR) is 161 cm³/mol. The number of aromatic nitrogens is 3. The average molecular weight is 648 g/mol. The summed E-state index contributed by atoms with van der Waals surface area (Å²) in [7, 11) is 1.21. The smallest absolute Gasteiger partial charge is 0.422 e. The highest BCUT2D eigenvalue weighted by atomic mass is 19.4. The van der Waals surface area contributed by atoms with Crippen molar-refractivity contribution < 1.29 is 41.7 Å². The molecule has 5 N–H and O–H groups in total. The number of hydrogen-bond acceptors (Lipinski definition) is 12. The lowest BCUT2D eigenvalue weighted by Crippen LogP contribution is -2.42. The minimum atomic E-state index is -4.61. The molecule has 0 saturated carbocycles. The van der Waals surface area contributed by atoms with Crippen LogP contribution in [0.25, 0.3) is 0 Å². The molecule has 1 aromatic heterocycles. The molecule has 16 heteroatoms. The fourth-order valence-electron chi connectivity index (χ4n) is 4.35. The summed E-state index contributed by atoms with van der Waals surface area (Å²) in [6.45, 7) is -0.392. The summed E-state index contributed by atoms with van der Waals surface area (Å²) in [6.07, 6.45) is -1.17. The molecular weight excluding hydrogens is 611 g/mol. The van der Waals surface area contributed by atoms with Crippen LogP contribution < -0.4 is 35.9 Å². The lowest BCUT2D eigenvalue weighted by molar-refractivity contribution is -0.154. The van der Waals surface area contributed by atoms with Crippen LogP contribution in [0.1, 0.15) is 48.0 Å². The number of anilines is 3. The first kappa shape index (κ1) is 34.0. The number of nitrogens with zero attached hydrogens (tertiary/aromatic N) is 3. The van der Waals surface area contributed by atoms with E-state index in [1.807, 2.05) is 24.3 Å². The highest BCUT2D eigenvalue weighted by molar-refractivity contribution is 5.99. The van der Waals surface area contributed by atoms with Crippen LogP contribution in [-0.2, 0) is 16.1 Å². The molecule has 0 saturated heterocycles. The number of nitrogens with one attached hydrogen (secondary N) is 3. The van der Waals surface area contributed by atoms with Gasteiger partial charge in [0.1, 0.15) is 17.5 Å². The van der Waals surface area contributed by atoms with Gasteiger partial charge in [-0.05, 0) is 68.5 Å². The monoisotopic (exact) mass is 647 g/mol. The number of rotatable bonds is 7. The molecule has 3 heterocycles. The number of fused-ring (bicyclic) bond motifs is 10. The lowest BCUT2D eigenvalue weighted by atomic mass is 10.1. The number of halogens is 3. The molecule has 0 radical (unpaired) electrons. The maximum absolute atomic E-state index is 13.2. The van der Waals surface area contributed by atoms with E-state index >= 15 is 0 Å². The molecule has 0 spiro atoms. The van der Waals surface area contributed by atoms with E-state index in [1.54, 1.807) is 0 Å². The Kier molecular flexibility index (Phi) is 12.2. The first-order valence-corrected chi connectivity index (χ1v) is 14.7.